The van der Waals surface area contributed by atoms with Crippen molar-refractivity contribution in [3.05, 3.63) is 53.1 Å². The second-order valence-electron chi connectivity index (χ2n) is 5.73. The van der Waals surface area contributed by atoms with Crippen LogP contribution in [-0.2, 0) is 0 Å². The summed E-state index contributed by atoms with van der Waals surface area (Å²) in [5.74, 6) is -1.26. The van der Waals surface area contributed by atoms with E-state index in [1.165, 1.54) is 37.4 Å². The number of carbonyl (C=O) groups excluding carboxylic acids is 1. The Morgan fingerprint density at radius 1 is 1.12 bits per heavy atom. The maximum Gasteiger partial charge on any atom is 0.201 e. The summed E-state index contributed by atoms with van der Waals surface area (Å²) in [7, 11) is 1.37. The van der Waals surface area contributed by atoms with Crippen LogP contribution in [0.3, 0.4) is 0 Å². The van der Waals surface area contributed by atoms with Gasteiger partial charge in [0, 0.05) is 11.1 Å². The monoisotopic (exact) mass is 328 g/mol. The summed E-state index contributed by atoms with van der Waals surface area (Å²) in [6.45, 7) is 3.98. The van der Waals surface area contributed by atoms with Crippen molar-refractivity contribution in [1.29, 1.82) is 0 Å². The van der Waals surface area contributed by atoms with E-state index in [1.807, 2.05) is 19.9 Å². The lowest BCUT2D eigenvalue weighted by molar-refractivity contribution is 0.103. The Hall–Kier alpha value is -2.95. The van der Waals surface area contributed by atoms with Crippen LogP contribution in [0.2, 0.25) is 0 Å². The molecule has 2 rings (SSSR count). The van der Waals surface area contributed by atoms with Gasteiger partial charge in [0.1, 0.15) is 5.75 Å². The second-order valence-corrected chi connectivity index (χ2v) is 5.73. The van der Waals surface area contributed by atoms with Gasteiger partial charge in [0.2, 0.25) is 5.75 Å². The van der Waals surface area contributed by atoms with Crippen molar-refractivity contribution in [2.75, 3.05) is 7.11 Å². The van der Waals surface area contributed by atoms with Crippen LogP contribution < -0.4 is 4.74 Å². The number of methoxy groups -OCH3 is 1. The number of aromatic hydroxyl groups is 3. The molecule has 0 aliphatic heterocycles. The van der Waals surface area contributed by atoms with Gasteiger partial charge in [-0.15, -0.1) is 0 Å². The zero-order chi connectivity index (χ0) is 17.9. The number of phenolic OH excluding ortho intramolecular Hbond substituents is 3. The van der Waals surface area contributed by atoms with Crippen molar-refractivity contribution in [3.8, 4) is 23.0 Å². The van der Waals surface area contributed by atoms with Crippen molar-refractivity contribution < 1.29 is 24.9 Å². The number of carbonyl (C=O) groups is 1. The number of ether oxygens (including phenoxy) is 1. The first kappa shape index (κ1) is 17.4. The Morgan fingerprint density at radius 2 is 1.83 bits per heavy atom. The van der Waals surface area contributed by atoms with E-state index in [9.17, 15) is 20.1 Å². The largest absolute Gasteiger partial charge is 0.508 e. The van der Waals surface area contributed by atoms with E-state index < -0.39 is 17.3 Å². The Kier molecular flexibility index (Phi) is 5.14. The topological polar surface area (TPSA) is 87.0 Å². The highest BCUT2D eigenvalue weighted by molar-refractivity contribution is 6.12. The minimum atomic E-state index is -0.554. The molecule has 126 valence electrons. The number of phenols is 3. The quantitative estimate of drug-likeness (QED) is 0.575. The molecule has 0 spiro atoms. The number of ketones is 1. The molecule has 0 heterocycles. The van der Waals surface area contributed by atoms with Crippen LogP contribution in [0.1, 0.15) is 35.3 Å². The van der Waals surface area contributed by atoms with Crippen LogP contribution >= 0.6 is 0 Å². The molecule has 0 aromatic heterocycles. The fourth-order valence-corrected chi connectivity index (χ4v) is 2.27. The zero-order valence-corrected chi connectivity index (χ0v) is 13.8. The molecule has 0 fully saturated rings. The molecule has 5 nitrogen and oxygen atoms in total. The summed E-state index contributed by atoms with van der Waals surface area (Å²) in [5.41, 5.74) is 0.612. The molecule has 0 saturated carbocycles. The van der Waals surface area contributed by atoms with Crippen LogP contribution in [0, 0.1) is 5.92 Å². The molecule has 0 aliphatic carbocycles. The SMILES string of the molecule is COc1c(/C=C/C(C)C)cc(C(=O)c2cccc(O)c2)c(O)c1O. The maximum absolute atomic E-state index is 12.6. The molecule has 0 unspecified atom stereocenters. The lowest BCUT2D eigenvalue weighted by atomic mass is 9.98. The minimum absolute atomic E-state index is 0.0574. The third-order valence-electron chi connectivity index (χ3n) is 3.47. The van der Waals surface area contributed by atoms with Gasteiger partial charge in [0.25, 0.3) is 0 Å². The van der Waals surface area contributed by atoms with Gasteiger partial charge in [0.05, 0.1) is 12.7 Å². The summed E-state index contributed by atoms with van der Waals surface area (Å²) in [6.07, 6.45) is 3.61. The number of hydrogen-bond donors (Lipinski definition) is 3. The van der Waals surface area contributed by atoms with Crippen LogP contribution in [0.25, 0.3) is 6.08 Å². The number of hydrogen-bond acceptors (Lipinski definition) is 5. The molecule has 2 aromatic carbocycles. The molecular formula is C19H20O5. The Morgan fingerprint density at radius 3 is 2.42 bits per heavy atom. The second kappa shape index (κ2) is 7.08. The van der Waals surface area contributed by atoms with Gasteiger partial charge in [-0.25, -0.2) is 0 Å². The van der Waals surface area contributed by atoms with Gasteiger partial charge in [-0.1, -0.05) is 38.1 Å². The van der Waals surface area contributed by atoms with E-state index in [2.05, 4.69) is 0 Å². The molecule has 2 aromatic rings. The third kappa shape index (κ3) is 3.51. The molecule has 0 atom stereocenters. The first-order valence-corrected chi connectivity index (χ1v) is 7.50. The predicted molar refractivity (Wildman–Crippen MR) is 91.7 cm³/mol. The van der Waals surface area contributed by atoms with E-state index in [0.717, 1.165) is 0 Å². The normalized spacial score (nSPS) is 11.2. The van der Waals surface area contributed by atoms with Crippen LogP contribution in [0.5, 0.6) is 23.0 Å². The first-order valence-electron chi connectivity index (χ1n) is 7.50. The van der Waals surface area contributed by atoms with E-state index in [1.54, 1.807) is 6.08 Å². The van der Waals surface area contributed by atoms with Crippen molar-refractivity contribution in [2.24, 2.45) is 5.92 Å². The number of benzene rings is 2. The lowest BCUT2D eigenvalue weighted by Gasteiger charge is -2.13. The van der Waals surface area contributed by atoms with Gasteiger partial charge in [0.15, 0.2) is 17.3 Å². The summed E-state index contributed by atoms with van der Waals surface area (Å²) in [5, 5.41) is 29.9. The average Bonchev–Trinajstić information content (AvgIpc) is 2.55. The van der Waals surface area contributed by atoms with Crippen molar-refractivity contribution in [3.63, 3.8) is 0 Å². The fourth-order valence-electron chi connectivity index (χ4n) is 2.27. The number of rotatable bonds is 5. The first-order chi connectivity index (χ1) is 11.3. The molecule has 0 amide bonds. The van der Waals surface area contributed by atoms with Gasteiger partial charge in [-0.3, -0.25) is 4.79 Å². The highest BCUT2D eigenvalue weighted by Crippen LogP contribution is 2.42. The molecule has 0 aliphatic rings. The van der Waals surface area contributed by atoms with Crippen LogP contribution in [0.15, 0.2) is 36.4 Å². The molecule has 24 heavy (non-hydrogen) atoms. The van der Waals surface area contributed by atoms with Crippen molar-refractivity contribution in [2.45, 2.75) is 13.8 Å². The Balaban J connectivity index is 2.60. The lowest BCUT2D eigenvalue weighted by Crippen LogP contribution is -2.03. The van der Waals surface area contributed by atoms with E-state index >= 15 is 0 Å². The smallest absolute Gasteiger partial charge is 0.201 e. The molecular weight excluding hydrogens is 308 g/mol. The fraction of sp³-hybridized carbons (Fsp3) is 0.211. The van der Waals surface area contributed by atoms with Gasteiger partial charge >= 0.3 is 0 Å². The van der Waals surface area contributed by atoms with Gasteiger partial charge < -0.3 is 20.1 Å². The van der Waals surface area contributed by atoms with Crippen molar-refractivity contribution in [1.82, 2.24) is 0 Å². The highest BCUT2D eigenvalue weighted by atomic mass is 16.5. The average molecular weight is 328 g/mol. The molecule has 0 saturated heterocycles. The summed E-state index contributed by atoms with van der Waals surface area (Å²) in [4.78, 5) is 12.6. The molecule has 3 N–H and O–H groups in total. The Labute approximate surface area is 140 Å². The molecule has 5 heteroatoms. The van der Waals surface area contributed by atoms with E-state index in [4.69, 9.17) is 4.74 Å². The van der Waals surface area contributed by atoms with Gasteiger partial charge in [-0.2, -0.15) is 0 Å². The highest BCUT2D eigenvalue weighted by Gasteiger charge is 2.22. The zero-order valence-electron chi connectivity index (χ0n) is 13.8. The maximum atomic E-state index is 12.6. The molecule has 0 radical (unpaired) electrons. The van der Waals surface area contributed by atoms with Gasteiger partial charge in [-0.05, 0) is 24.1 Å². The minimum Gasteiger partial charge on any atom is -0.508 e. The number of allylic oxidation sites excluding steroid dienone is 1. The third-order valence-corrected chi connectivity index (χ3v) is 3.47. The standard InChI is InChI=1S/C19H20O5/c1-11(2)7-8-13-10-15(17(22)18(23)19(13)24-3)16(21)12-5-4-6-14(20)9-12/h4-11,20,22-23H,1-3H3/b8-7+. The molecule has 0 bridgehead atoms. The Bertz CT molecular complexity index is 791. The predicted octanol–water partition coefficient (Wildman–Crippen LogP) is 3.71. The van der Waals surface area contributed by atoms with E-state index in [0.29, 0.717) is 5.56 Å². The van der Waals surface area contributed by atoms with Crippen LogP contribution in [0.4, 0.5) is 0 Å². The summed E-state index contributed by atoms with van der Waals surface area (Å²) < 4.78 is 5.14. The van der Waals surface area contributed by atoms with Crippen molar-refractivity contribution >= 4 is 11.9 Å². The summed E-state index contributed by atoms with van der Waals surface area (Å²) >= 11 is 0. The summed E-state index contributed by atoms with van der Waals surface area (Å²) in [6, 6.07) is 7.25. The van der Waals surface area contributed by atoms with Crippen LogP contribution in [-0.4, -0.2) is 28.2 Å². The van der Waals surface area contributed by atoms with E-state index in [-0.39, 0.29) is 28.5 Å².